The first kappa shape index (κ1) is 14.9. The molecule has 134 valence electrons. The average Bonchev–Trinajstić information content (AvgIpc) is 3.08. The topological polar surface area (TPSA) is 24.9 Å². The van der Waals surface area contributed by atoms with E-state index in [1.165, 1.54) is 30.4 Å². The number of fused-ring (bicyclic) bond motifs is 5. The molecule has 6 bridgehead atoms. The molecule has 7 rings (SSSR count). The van der Waals surface area contributed by atoms with Gasteiger partial charge in [0.1, 0.15) is 11.3 Å². The van der Waals surface area contributed by atoms with Crippen molar-refractivity contribution in [2.24, 2.45) is 5.92 Å². The van der Waals surface area contributed by atoms with E-state index >= 15 is 8.78 Å². The van der Waals surface area contributed by atoms with Gasteiger partial charge < -0.3 is 5.32 Å². The smallest absolute Gasteiger partial charge is 0.116 e. The molecular weight excluding hydrogens is 318 g/mol. The Morgan fingerprint density at radius 1 is 1.00 bits per heavy atom. The van der Waals surface area contributed by atoms with Gasteiger partial charge >= 0.3 is 0 Å². The van der Waals surface area contributed by atoms with E-state index in [4.69, 9.17) is 0 Å². The van der Waals surface area contributed by atoms with Crippen molar-refractivity contribution in [2.45, 2.75) is 93.4 Å². The van der Waals surface area contributed by atoms with Crippen LogP contribution in [0, 0.1) is 12.8 Å². The molecule has 6 aliphatic rings. The fraction of sp³-hybridized carbons (Fsp3) is 0.762. The Balaban J connectivity index is 1.41. The van der Waals surface area contributed by atoms with E-state index in [0.717, 1.165) is 17.8 Å². The third-order valence-electron chi connectivity index (χ3n) is 7.94. The minimum Gasteiger partial charge on any atom is -0.378 e. The van der Waals surface area contributed by atoms with Gasteiger partial charge in [-0.05, 0) is 74.3 Å². The maximum absolute atomic E-state index is 15.3. The molecule has 1 heterocycles. The summed E-state index contributed by atoms with van der Waals surface area (Å²) in [4.78, 5) is 4.65. The SMILES string of the molecule is Cc1ncc(NC23CC4CC(F)(CC(F)(C4)C2)C3)c2c1C1CCC2C1. The van der Waals surface area contributed by atoms with Gasteiger partial charge in [0.15, 0.2) is 0 Å². The van der Waals surface area contributed by atoms with Gasteiger partial charge in [-0.3, -0.25) is 4.98 Å². The second-order valence-electron chi connectivity index (χ2n) is 10.0. The Morgan fingerprint density at radius 3 is 2.36 bits per heavy atom. The van der Waals surface area contributed by atoms with Crippen molar-refractivity contribution in [3.05, 3.63) is 23.0 Å². The van der Waals surface area contributed by atoms with Crippen LogP contribution in [0.25, 0.3) is 0 Å². The molecule has 4 atom stereocenters. The lowest BCUT2D eigenvalue weighted by Crippen LogP contribution is -2.65. The van der Waals surface area contributed by atoms with Crippen LogP contribution in [0.1, 0.15) is 86.4 Å². The normalized spacial score (nSPS) is 48.8. The van der Waals surface area contributed by atoms with Crippen LogP contribution in [0.3, 0.4) is 0 Å². The standard InChI is InChI=1S/C21H26F2N2/c1-12-17-14-2-3-15(4-14)18(17)16(8-24-12)25-21-7-13-5-19(22,10-21)9-20(23,6-13)11-21/h8,13-15,25H,2-7,9-11H2,1H3. The van der Waals surface area contributed by atoms with Crippen molar-refractivity contribution in [3.8, 4) is 0 Å². The summed E-state index contributed by atoms with van der Waals surface area (Å²) in [5.74, 6) is 1.48. The number of hydrogen-bond donors (Lipinski definition) is 1. The number of aryl methyl sites for hydroxylation is 1. The average molecular weight is 344 g/mol. The van der Waals surface area contributed by atoms with E-state index < -0.39 is 16.9 Å². The maximum Gasteiger partial charge on any atom is 0.116 e. The third-order valence-corrected chi connectivity index (χ3v) is 7.94. The van der Waals surface area contributed by atoms with Crippen molar-refractivity contribution in [3.63, 3.8) is 0 Å². The Morgan fingerprint density at radius 2 is 1.68 bits per heavy atom. The van der Waals surface area contributed by atoms with Crippen LogP contribution in [-0.2, 0) is 0 Å². The fourth-order valence-electron chi connectivity index (χ4n) is 7.83. The molecule has 1 N–H and O–H groups in total. The van der Waals surface area contributed by atoms with Gasteiger partial charge in [-0.15, -0.1) is 0 Å². The molecule has 2 nitrogen and oxygen atoms in total. The number of hydrogen-bond acceptors (Lipinski definition) is 2. The van der Waals surface area contributed by atoms with Crippen molar-refractivity contribution in [1.82, 2.24) is 4.98 Å². The predicted octanol–water partition coefficient (Wildman–Crippen LogP) is 5.32. The highest BCUT2D eigenvalue weighted by molar-refractivity contribution is 5.62. The summed E-state index contributed by atoms with van der Waals surface area (Å²) in [6.45, 7) is 2.11. The summed E-state index contributed by atoms with van der Waals surface area (Å²) in [6, 6.07) is 0. The molecule has 25 heavy (non-hydrogen) atoms. The summed E-state index contributed by atoms with van der Waals surface area (Å²) in [6.07, 6.45) is 8.83. The highest BCUT2D eigenvalue weighted by atomic mass is 19.2. The van der Waals surface area contributed by atoms with Crippen molar-refractivity contribution in [1.29, 1.82) is 0 Å². The van der Waals surface area contributed by atoms with E-state index in [1.807, 2.05) is 6.20 Å². The van der Waals surface area contributed by atoms with Gasteiger partial charge in [-0.2, -0.15) is 0 Å². The number of rotatable bonds is 2. The van der Waals surface area contributed by atoms with Crippen LogP contribution in [0.4, 0.5) is 14.5 Å². The Bertz CT molecular complexity index is 757. The summed E-state index contributed by atoms with van der Waals surface area (Å²) in [7, 11) is 0. The van der Waals surface area contributed by atoms with E-state index in [0.29, 0.717) is 37.5 Å². The Labute approximate surface area is 147 Å². The molecule has 0 amide bonds. The third kappa shape index (κ3) is 1.97. The predicted molar refractivity (Wildman–Crippen MR) is 93.5 cm³/mol. The molecule has 5 saturated carbocycles. The lowest BCUT2D eigenvalue weighted by molar-refractivity contribution is -0.137. The molecule has 4 unspecified atom stereocenters. The highest BCUT2D eigenvalue weighted by Gasteiger charge is 2.65. The summed E-state index contributed by atoms with van der Waals surface area (Å²) in [5, 5.41) is 3.71. The molecule has 5 fully saturated rings. The zero-order chi connectivity index (χ0) is 17.0. The summed E-state index contributed by atoms with van der Waals surface area (Å²) < 4.78 is 30.5. The molecule has 4 heteroatoms. The van der Waals surface area contributed by atoms with Crippen LogP contribution in [-0.4, -0.2) is 21.9 Å². The van der Waals surface area contributed by atoms with Crippen LogP contribution >= 0.6 is 0 Å². The zero-order valence-corrected chi connectivity index (χ0v) is 14.9. The van der Waals surface area contributed by atoms with Crippen LogP contribution in [0.5, 0.6) is 0 Å². The maximum atomic E-state index is 15.3. The molecule has 1 aromatic rings. The largest absolute Gasteiger partial charge is 0.378 e. The molecular formula is C21H26F2N2. The van der Waals surface area contributed by atoms with Crippen LogP contribution in [0.15, 0.2) is 6.20 Å². The van der Waals surface area contributed by atoms with Crippen LogP contribution < -0.4 is 5.32 Å². The lowest BCUT2D eigenvalue weighted by Gasteiger charge is -2.61. The van der Waals surface area contributed by atoms with Gasteiger partial charge in [0, 0.05) is 30.5 Å². The monoisotopic (exact) mass is 344 g/mol. The number of nitrogens with zero attached hydrogens (tertiary/aromatic N) is 1. The number of halogens is 2. The minimum absolute atomic E-state index is 0.120. The van der Waals surface area contributed by atoms with E-state index in [-0.39, 0.29) is 12.3 Å². The van der Waals surface area contributed by atoms with Gasteiger partial charge in [0.25, 0.3) is 0 Å². The van der Waals surface area contributed by atoms with E-state index in [2.05, 4.69) is 17.2 Å². The molecule has 0 aromatic carbocycles. The van der Waals surface area contributed by atoms with E-state index in [1.54, 1.807) is 0 Å². The fourth-order valence-corrected chi connectivity index (χ4v) is 7.83. The number of alkyl halides is 2. The van der Waals surface area contributed by atoms with Gasteiger partial charge in [-0.25, -0.2) is 8.78 Å². The van der Waals surface area contributed by atoms with Gasteiger partial charge in [0.2, 0.25) is 0 Å². The van der Waals surface area contributed by atoms with Crippen LogP contribution in [0.2, 0.25) is 0 Å². The van der Waals surface area contributed by atoms with E-state index in [9.17, 15) is 0 Å². The summed E-state index contributed by atoms with van der Waals surface area (Å²) >= 11 is 0. The number of pyridine rings is 1. The second-order valence-corrected chi connectivity index (χ2v) is 10.0. The first-order chi connectivity index (χ1) is 11.9. The Hall–Kier alpha value is -1.19. The molecule has 1 aromatic heterocycles. The molecule has 0 radical (unpaired) electrons. The number of anilines is 1. The Kier molecular flexibility index (Phi) is 2.61. The lowest BCUT2D eigenvalue weighted by atomic mass is 9.50. The molecule has 0 spiro atoms. The van der Waals surface area contributed by atoms with Crippen molar-refractivity contribution < 1.29 is 8.78 Å². The molecule has 0 aliphatic heterocycles. The molecule has 0 saturated heterocycles. The minimum atomic E-state index is -1.30. The quantitative estimate of drug-likeness (QED) is 0.785. The van der Waals surface area contributed by atoms with Crippen molar-refractivity contribution in [2.75, 3.05) is 5.32 Å². The second kappa shape index (κ2) is 4.37. The summed E-state index contributed by atoms with van der Waals surface area (Å²) in [5.41, 5.74) is 2.10. The van der Waals surface area contributed by atoms with Gasteiger partial charge in [0.05, 0.1) is 11.9 Å². The zero-order valence-electron chi connectivity index (χ0n) is 14.9. The van der Waals surface area contributed by atoms with Gasteiger partial charge in [-0.1, -0.05) is 0 Å². The first-order valence-electron chi connectivity index (χ1n) is 10.0. The molecule has 6 aliphatic carbocycles. The van der Waals surface area contributed by atoms with Crippen molar-refractivity contribution >= 4 is 5.69 Å². The highest BCUT2D eigenvalue weighted by Crippen LogP contribution is 2.63. The first-order valence-corrected chi connectivity index (χ1v) is 10.0. The number of nitrogens with one attached hydrogen (secondary N) is 1. The number of aromatic nitrogens is 1.